The molecule has 0 N–H and O–H groups in total. The Hall–Kier alpha value is -2.94. The van der Waals surface area contributed by atoms with Crippen molar-refractivity contribution in [3.63, 3.8) is 0 Å². The van der Waals surface area contributed by atoms with Gasteiger partial charge in [-0.2, -0.15) is 0 Å². The number of hydrogen-bond donors (Lipinski definition) is 0. The summed E-state index contributed by atoms with van der Waals surface area (Å²) in [5, 5.41) is 1.80. The lowest BCUT2D eigenvalue weighted by Crippen LogP contribution is -2.00. The van der Waals surface area contributed by atoms with E-state index in [1.165, 1.54) is 0 Å². The first-order valence-electron chi connectivity index (χ1n) is 13.0. The van der Waals surface area contributed by atoms with Gasteiger partial charge in [0.1, 0.15) is 0 Å². The highest BCUT2D eigenvalue weighted by Gasteiger charge is 2.31. The van der Waals surface area contributed by atoms with Crippen molar-refractivity contribution in [2.75, 3.05) is 0 Å². The molecule has 0 fully saturated rings. The van der Waals surface area contributed by atoms with Crippen LogP contribution in [0.2, 0.25) is 30.1 Å². The maximum Gasteiger partial charge on any atom is 0.0791 e. The van der Waals surface area contributed by atoms with Crippen molar-refractivity contribution in [2.45, 2.75) is 0 Å². The van der Waals surface area contributed by atoms with Gasteiger partial charge >= 0.3 is 0 Å². The number of halogens is 6. The van der Waals surface area contributed by atoms with Gasteiger partial charge in [-0.3, -0.25) is 0 Å². The second-order valence-electron chi connectivity index (χ2n) is 9.60. The first kappa shape index (κ1) is 29.1. The summed E-state index contributed by atoms with van der Waals surface area (Å²) in [6.45, 7) is 0. The van der Waals surface area contributed by atoms with E-state index in [4.69, 9.17) is 69.6 Å². The minimum absolute atomic E-state index is 0.258. The van der Waals surface area contributed by atoms with Crippen molar-refractivity contribution in [1.82, 2.24) is 0 Å². The van der Waals surface area contributed by atoms with E-state index in [2.05, 4.69) is 0 Å². The molecular weight excluding hydrogens is 645 g/mol. The molecule has 6 heteroatoms. The van der Waals surface area contributed by atoms with Gasteiger partial charge in [-0.15, -0.1) is 0 Å². The number of hydrogen-bond acceptors (Lipinski definition) is 0. The normalized spacial score (nSPS) is 11.1. The van der Waals surface area contributed by atoms with Crippen molar-refractivity contribution in [1.29, 1.82) is 0 Å². The van der Waals surface area contributed by atoms with Crippen LogP contribution < -0.4 is 0 Å². The molecule has 0 aromatic heterocycles. The molecule has 0 heterocycles. The summed E-state index contributed by atoms with van der Waals surface area (Å²) in [7, 11) is 0. The van der Waals surface area contributed by atoms with E-state index in [0.717, 1.165) is 33.4 Å². The zero-order valence-electron chi connectivity index (χ0n) is 21.8. The summed E-state index contributed by atoms with van der Waals surface area (Å²) >= 11 is 42.4. The summed E-state index contributed by atoms with van der Waals surface area (Å²) < 4.78 is 0. The Morgan fingerprint density at radius 3 is 0.595 bits per heavy atom. The molecule has 0 unspecified atom stereocenters. The molecule has 0 atom stereocenters. The molecule has 0 saturated heterocycles. The van der Waals surface area contributed by atoms with Crippen LogP contribution >= 0.6 is 69.6 Å². The van der Waals surface area contributed by atoms with Crippen molar-refractivity contribution < 1.29 is 0 Å². The summed E-state index contributed by atoms with van der Waals surface area (Å²) in [5.41, 5.74) is 7.71. The molecular formula is C36H20Cl6. The molecule has 0 spiro atoms. The van der Waals surface area contributed by atoms with E-state index in [0.29, 0.717) is 42.3 Å². The molecule has 0 radical (unpaired) electrons. The third kappa shape index (κ3) is 5.12. The van der Waals surface area contributed by atoms with Gasteiger partial charge < -0.3 is 0 Å². The van der Waals surface area contributed by atoms with Gasteiger partial charge in [0.15, 0.2) is 0 Å². The van der Waals surface area contributed by atoms with Gasteiger partial charge in [-0.1, -0.05) is 191 Å². The molecule has 0 nitrogen and oxygen atoms in total. The largest absolute Gasteiger partial charge is 0.0819 e. The van der Waals surface area contributed by atoms with Gasteiger partial charge in [0.25, 0.3) is 0 Å². The highest BCUT2D eigenvalue weighted by atomic mass is 35.5. The highest BCUT2D eigenvalue weighted by Crippen LogP contribution is 2.58. The number of rotatable bonds is 5. The predicted molar refractivity (Wildman–Crippen MR) is 184 cm³/mol. The Morgan fingerprint density at radius 1 is 0.214 bits per heavy atom. The summed E-state index contributed by atoms with van der Waals surface area (Å²) in [4.78, 5) is 0. The van der Waals surface area contributed by atoms with Gasteiger partial charge in [-0.25, -0.2) is 0 Å². The fraction of sp³-hybridized carbons (Fsp3) is 0. The first-order valence-corrected chi connectivity index (χ1v) is 15.3. The zero-order chi connectivity index (χ0) is 29.4. The second-order valence-corrected chi connectivity index (χ2v) is 11.9. The SMILES string of the molecule is Clc1c(Cl)c(-c2ccccc2)c(-c2c(-c3ccccc3)c(Cl)c(Cl)c(Cl)c2-c2ccccc2)c(-c2ccccc2)c1Cl. The van der Waals surface area contributed by atoms with E-state index < -0.39 is 0 Å². The van der Waals surface area contributed by atoms with Crippen molar-refractivity contribution >= 4 is 69.6 Å². The van der Waals surface area contributed by atoms with Crippen LogP contribution in [0.5, 0.6) is 0 Å². The molecule has 0 aliphatic heterocycles. The van der Waals surface area contributed by atoms with E-state index in [9.17, 15) is 0 Å². The standard InChI is InChI=1S/C36H20Cl6/c37-31-25(21-13-5-1-6-14-21)29(26(32(38)35(31)41)22-15-7-2-8-16-22)30-27(23-17-9-3-10-18-23)33(39)36(42)34(40)28(30)24-19-11-4-12-20-24/h1-20H. The molecule has 42 heavy (non-hydrogen) atoms. The van der Waals surface area contributed by atoms with Crippen molar-refractivity contribution in [3.05, 3.63) is 151 Å². The zero-order valence-corrected chi connectivity index (χ0v) is 26.4. The number of benzene rings is 6. The molecule has 0 aliphatic rings. The third-order valence-corrected chi connectivity index (χ3v) is 9.80. The molecule has 6 aromatic carbocycles. The minimum atomic E-state index is 0.258. The summed E-state index contributed by atoms with van der Waals surface area (Å²) in [6.07, 6.45) is 0. The van der Waals surface area contributed by atoms with Gasteiger partial charge in [0, 0.05) is 33.4 Å². The monoisotopic (exact) mass is 662 g/mol. The van der Waals surface area contributed by atoms with Crippen LogP contribution in [0.15, 0.2) is 121 Å². The van der Waals surface area contributed by atoms with Gasteiger partial charge in [-0.05, 0) is 22.3 Å². The van der Waals surface area contributed by atoms with E-state index in [-0.39, 0.29) is 10.0 Å². The quantitative estimate of drug-likeness (QED) is 0.161. The Labute approximate surface area is 275 Å². The molecule has 6 aromatic rings. The topological polar surface area (TPSA) is 0 Å². The highest BCUT2D eigenvalue weighted by molar-refractivity contribution is 6.53. The first-order chi connectivity index (χ1) is 20.4. The molecule has 0 bridgehead atoms. The Kier molecular flexibility index (Phi) is 8.57. The fourth-order valence-corrected chi connectivity index (χ4v) is 6.99. The molecule has 0 amide bonds. The predicted octanol–water partition coefficient (Wildman–Crippen LogP) is 13.9. The lowest BCUT2D eigenvalue weighted by atomic mass is 9.80. The average molecular weight is 665 g/mol. The van der Waals surface area contributed by atoms with Crippen molar-refractivity contribution in [2.24, 2.45) is 0 Å². The van der Waals surface area contributed by atoms with Crippen LogP contribution in [0, 0.1) is 0 Å². The van der Waals surface area contributed by atoms with E-state index in [1.807, 2.05) is 121 Å². The second kappa shape index (κ2) is 12.3. The maximum absolute atomic E-state index is 7.15. The lowest BCUT2D eigenvalue weighted by Gasteiger charge is -2.27. The molecule has 0 saturated carbocycles. The van der Waals surface area contributed by atoms with Crippen LogP contribution in [0.4, 0.5) is 0 Å². The fourth-order valence-electron chi connectivity index (χ4n) is 5.32. The van der Waals surface area contributed by atoms with Crippen LogP contribution in [0.3, 0.4) is 0 Å². The molecule has 0 aliphatic carbocycles. The lowest BCUT2D eigenvalue weighted by molar-refractivity contribution is 1.53. The average Bonchev–Trinajstić information content (AvgIpc) is 3.04. The van der Waals surface area contributed by atoms with Gasteiger partial charge in [0.2, 0.25) is 0 Å². The minimum Gasteiger partial charge on any atom is -0.0819 e. The maximum atomic E-state index is 7.15. The van der Waals surface area contributed by atoms with Crippen LogP contribution in [0.25, 0.3) is 55.6 Å². The Balaban J connectivity index is 1.94. The smallest absolute Gasteiger partial charge is 0.0791 e. The third-order valence-electron chi connectivity index (χ3n) is 7.15. The Morgan fingerprint density at radius 2 is 0.405 bits per heavy atom. The van der Waals surface area contributed by atoms with E-state index in [1.54, 1.807) is 0 Å². The van der Waals surface area contributed by atoms with Crippen LogP contribution in [-0.2, 0) is 0 Å². The molecule has 6 rings (SSSR count). The van der Waals surface area contributed by atoms with Crippen molar-refractivity contribution in [3.8, 4) is 55.6 Å². The van der Waals surface area contributed by atoms with Gasteiger partial charge in [0.05, 0.1) is 30.1 Å². The van der Waals surface area contributed by atoms with E-state index >= 15 is 0 Å². The summed E-state index contributed by atoms with van der Waals surface area (Å²) in [6, 6.07) is 39.4. The Bertz CT molecular complexity index is 1630. The molecule has 206 valence electrons. The summed E-state index contributed by atoms with van der Waals surface area (Å²) in [5.74, 6) is 0. The van der Waals surface area contributed by atoms with Crippen LogP contribution in [0.1, 0.15) is 0 Å². The van der Waals surface area contributed by atoms with Crippen LogP contribution in [-0.4, -0.2) is 0 Å².